The number of hydrogen-bond acceptors (Lipinski definition) is 4. The molecule has 1 N–H and O–H groups in total. The maximum Gasteiger partial charge on any atom is 0.284 e. The molecule has 0 aliphatic carbocycles. The Labute approximate surface area is 119 Å². The Morgan fingerprint density at radius 1 is 1.53 bits per heavy atom. The van der Waals surface area contributed by atoms with E-state index in [0.717, 1.165) is 5.69 Å². The van der Waals surface area contributed by atoms with Gasteiger partial charge in [0, 0.05) is 23.7 Å². The summed E-state index contributed by atoms with van der Waals surface area (Å²) in [7, 11) is 0. The molecule has 0 saturated carbocycles. The normalized spacial score (nSPS) is 19.1. The van der Waals surface area contributed by atoms with Crippen LogP contribution < -0.4 is 4.90 Å². The lowest BCUT2D eigenvalue weighted by atomic mass is 10.1. The van der Waals surface area contributed by atoms with Crippen LogP contribution in [0.25, 0.3) is 0 Å². The molecule has 0 unspecified atom stereocenters. The van der Waals surface area contributed by atoms with Crippen molar-refractivity contribution in [2.45, 2.75) is 12.3 Å². The SMILES string of the molecule is O=C1C[C@@H](c2n[nH]c(=S)o2)CN1c1cccc(Cl)c1. The van der Waals surface area contributed by atoms with Gasteiger partial charge in [0.2, 0.25) is 11.8 Å². The van der Waals surface area contributed by atoms with E-state index in [1.807, 2.05) is 12.1 Å². The Balaban J connectivity index is 1.86. The van der Waals surface area contributed by atoms with E-state index in [-0.39, 0.29) is 16.7 Å². The van der Waals surface area contributed by atoms with E-state index in [0.29, 0.717) is 23.9 Å². The van der Waals surface area contributed by atoms with Crippen LogP contribution >= 0.6 is 23.8 Å². The molecule has 2 aromatic rings. The first-order chi connectivity index (χ1) is 9.13. The smallest absolute Gasteiger partial charge is 0.284 e. The van der Waals surface area contributed by atoms with Gasteiger partial charge in [-0.1, -0.05) is 17.7 Å². The molecule has 1 atom stereocenters. The third-order valence-electron chi connectivity index (χ3n) is 3.05. The Bertz CT molecular complexity index is 681. The fourth-order valence-electron chi connectivity index (χ4n) is 2.18. The molecule has 1 aromatic heterocycles. The lowest BCUT2D eigenvalue weighted by Crippen LogP contribution is -2.24. The van der Waals surface area contributed by atoms with Crippen LogP contribution in [0.15, 0.2) is 28.7 Å². The summed E-state index contributed by atoms with van der Waals surface area (Å²) in [5, 5.41) is 7.15. The molecule has 1 amide bonds. The van der Waals surface area contributed by atoms with E-state index in [1.165, 1.54) is 0 Å². The standard InChI is InChI=1S/C12H10ClN3O2S/c13-8-2-1-3-9(5-8)16-6-7(4-10(16)17)11-14-15-12(19)18-11/h1-3,5,7H,4,6H2,(H,15,19)/t7-/m1/s1. The van der Waals surface area contributed by atoms with Crippen molar-refractivity contribution >= 4 is 35.4 Å². The molecule has 3 rings (SSSR count). The van der Waals surface area contributed by atoms with Crippen molar-refractivity contribution in [3.8, 4) is 0 Å². The number of amides is 1. The predicted molar refractivity (Wildman–Crippen MR) is 72.9 cm³/mol. The molecular weight excluding hydrogens is 286 g/mol. The van der Waals surface area contributed by atoms with Gasteiger partial charge in [-0.15, -0.1) is 5.10 Å². The van der Waals surface area contributed by atoms with Crippen LogP contribution in [0.2, 0.25) is 5.02 Å². The molecule has 19 heavy (non-hydrogen) atoms. The highest BCUT2D eigenvalue weighted by atomic mass is 35.5. The molecule has 2 heterocycles. The number of benzene rings is 1. The minimum absolute atomic E-state index is 0.0244. The number of carbonyl (C=O) groups is 1. The zero-order chi connectivity index (χ0) is 13.4. The van der Waals surface area contributed by atoms with Gasteiger partial charge >= 0.3 is 0 Å². The quantitative estimate of drug-likeness (QED) is 0.865. The largest absolute Gasteiger partial charge is 0.414 e. The zero-order valence-electron chi connectivity index (χ0n) is 9.80. The van der Waals surface area contributed by atoms with Crippen molar-refractivity contribution < 1.29 is 9.21 Å². The summed E-state index contributed by atoms with van der Waals surface area (Å²) in [5.41, 5.74) is 0.786. The predicted octanol–water partition coefficient (Wildman–Crippen LogP) is 2.91. The Morgan fingerprint density at radius 2 is 2.37 bits per heavy atom. The molecule has 98 valence electrons. The molecule has 1 fully saturated rings. The highest BCUT2D eigenvalue weighted by Crippen LogP contribution is 2.31. The maximum absolute atomic E-state index is 12.1. The summed E-state index contributed by atoms with van der Waals surface area (Å²) >= 11 is 10.8. The van der Waals surface area contributed by atoms with Crippen LogP contribution in [-0.2, 0) is 4.79 Å². The van der Waals surface area contributed by atoms with E-state index < -0.39 is 0 Å². The lowest BCUT2D eigenvalue weighted by Gasteiger charge is -2.16. The average Bonchev–Trinajstić information content (AvgIpc) is 2.95. The molecule has 1 aromatic carbocycles. The Kier molecular flexibility index (Phi) is 3.12. The van der Waals surface area contributed by atoms with Gasteiger partial charge in [0.15, 0.2) is 0 Å². The van der Waals surface area contributed by atoms with Gasteiger partial charge in [0.1, 0.15) is 0 Å². The fourth-order valence-corrected chi connectivity index (χ4v) is 2.50. The third-order valence-corrected chi connectivity index (χ3v) is 3.46. The number of anilines is 1. The van der Waals surface area contributed by atoms with Crippen molar-refractivity contribution in [1.29, 1.82) is 0 Å². The summed E-state index contributed by atoms with van der Waals surface area (Å²) in [6.07, 6.45) is 0.357. The number of aromatic amines is 1. The lowest BCUT2D eigenvalue weighted by molar-refractivity contribution is -0.117. The van der Waals surface area contributed by atoms with Crippen LogP contribution in [-0.4, -0.2) is 22.6 Å². The molecule has 0 radical (unpaired) electrons. The number of H-pyrrole nitrogens is 1. The zero-order valence-corrected chi connectivity index (χ0v) is 11.4. The van der Waals surface area contributed by atoms with Crippen molar-refractivity contribution in [3.05, 3.63) is 40.0 Å². The van der Waals surface area contributed by atoms with Gasteiger partial charge in [-0.2, -0.15) is 0 Å². The second-order valence-corrected chi connectivity index (χ2v) is 5.14. The van der Waals surface area contributed by atoms with Gasteiger partial charge in [0.25, 0.3) is 4.84 Å². The van der Waals surface area contributed by atoms with Crippen LogP contribution in [0.1, 0.15) is 18.2 Å². The van der Waals surface area contributed by atoms with Gasteiger partial charge in [-0.3, -0.25) is 4.79 Å². The van der Waals surface area contributed by atoms with Crippen molar-refractivity contribution in [3.63, 3.8) is 0 Å². The van der Waals surface area contributed by atoms with Gasteiger partial charge in [-0.05, 0) is 30.4 Å². The van der Waals surface area contributed by atoms with Gasteiger partial charge in [-0.25, -0.2) is 5.10 Å². The first-order valence-electron chi connectivity index (χ1n) is 5.75. The highest BCUT2D eigenvalue weighted by molar-refractivity contribution is 7.71. The molecular formula is C12H10ClN3O2S. The van der Waals surface area contributed by atoms with Gasteiger partial charge < -0.3 is 9.32 Å². The van der Waals surface area contributed by atoms with E-state index in [2.05, 4.69) is 10.2 Å². The molecule has 1 saturated heterocycles. The van der Waals surface area contributed by atoms with Crippen LogP contribution in [0.3, 0.4) is 0 Å². The van der Waals surface area contributed by atoms with E-state index >= 15 is 0 Å². The number of aromatic nitrogens is 2. The summed E-state index contributed by atoms with van der Waals surface area (Å²) in [4.78, 5) is 14.0. The summed E-state index contributed by atoms with van der Waals surface area (Å²) in [6.45, 7) is 0.516. The number of rotatable bonds is 2. The molecule has 7 heteroatoms. The molecule has 5 nitrogen and oxygen atoms in total. The first kappa shape index (κ1) is 12.4. The number of halogens is 1. The molecule has 1 aliphatic rings. The first-order valence-corrected chi connectivity index (χ1v) is 6.53. The second-order valence-electron chi connectivity index (χ2n) is 4.34. The van der Waals surface area contributed by atoms with Crippen LogP contribution in [0.4, 0.5) is 5.69 Å². The van der Waals surface area contributed by atoms with E-state index in [9.17, 15) is 4.79 Å². The van der Waals surface area contributed by atoms with Crippen molar-refractivity contribution in [1.82, 2.24) is 10.2 Å². The number of carbonyl (C=O) groups excluding carboxylic acids is 1. The van der Waals surface area contributed by atoms with E-state index in [1.54, 1.807) is 17.0 Å². The number of hydrogen-bond donors (Lipinski definition) is 1. The topological polar surface area (TPSA) is 62.1 Å². The molecule has 0 spiro atoms. The monoisotopic (exact) mass is 295 g/mol. The van der Waals surface area contributed by atoms with Crippen molar-refractivity contribution in [2.24, 2.45) is 0 Å². The Hall–Kier alpha value is -1.66. The highest BCUT2D eigenvalue weighted by Gasteiger charge is 2.34. The number of nitrogens with zero attached hydrogens (tertiary/aromatic N) is 2. The van der Waals surface area contributed by atoms with Crippen LogP contribution in [0, 0.1) is 4.84 Å². The maximum atomic E-state index is 12.1. The summed E-state index contributed by atoms with van der Waals surface area (Å²) in [5.74, 6) is 0.415. The molecule has 0 bridgehead atoms. The minimum atomic E-state index is -0.0839. The average molecular weight is 296 g/mol. The number of nitrogens with one attached hydrogen (secondary N) is 1. The van der Waals surface area contributed by atoms with Crippen molar-refractivity contribution in [2.75, 3.05) is 11.4 Å². The Morgan fingerprint density at radius 3 is 3.05 bits per heavy atom. The summed E-state index contributed by atoms with van der Waals surface area (Å²) in [6, 6.07) is 7.21. The summed E-state index contributed by atoms with van der Waals surface area (Å²) < 4.78 is 5.27. The third kappa shape index (κ3) is 2.41. The van der Waals surface area contributed by atoms with Gasteiger partial charge in [0.05, 0.1) is 5.92 Å². The molecule has 1 aliphatic heterocycles. The van der Waals surface area contributed by atoms with Crippen LogP contribution in [0.5, 0.6) is 0 Å². The van der Waals surface area contributed by atoms with E-state index in [4.69, 9.17) is 28.2 Å². The fraction of sp³-hybridized carbons (Fsp3) is 0.250. The minimum Gasteiger partial charge on any atom is -0.414 e. The second kappa shape index (κ2) is 4.79.